The summed E-state index contributed by atoms with van der Waals surface area (Å²) in [5.74, 6) is 1.12. The highest BCUT2D eigenvalue weighted by molar-refractivity contribution is 7.99. The fourth-order valence-electron chi connectivity index (χ4n) is 0.891. The van der Waals surface area contributed by atoms with Crippen LogP contribution in [0.3, 0.4) is 0 Å². The van der Waals surface area contributed by atoms with E-state index in [1.54, 1.807) is 11.8 Å². The van der Waals surface area contributed by atoms with Crippen LogP contribution in [-0.2, 0) is 0 Å². The average molecular weight is 196 g/mol. The van der Waals surface area contributed by atoms with E-state index in [9.17, 15) is 5.11 Å². The van der Waals surface area contributed by atoms with Gasteiger partial charge < -0.3 is 5.11 Å². The summed E-state index contributed by atoms with van der Waals surface area (Å²) in [6, 6.07) is 10.2. The van der Waals surface area contributed by atoms with E-state index < -0.39 is 0 Å². The topological polar surface area (TPSA) is 20.2 Å². The smallest absolute Gasteiger partial charge is 0.0656 e. The Morgan fingerprint density at radius 3 is 2.38 bits per heavy atom. The molecule has 0 radical (unpaired) electrons. The number of aliphatic hydroxyl groups excluding tert-OH is 1. The third-order valence-corrected chi connectivity index (χ3v) is 3.05. The summed E-state index contributed by atoms with van der Waals surface area (Å²) in [4.78, 5) is 1.22. The van der Waals surface area contributed by atoms with Crippen molar-refractivity contribution < 1.29 is 5.11 Å². The number of aliphatic hydroxyl groups is 1. The van der Waals surface area contributed by atoms with Crippen LogP contribution < -0.4 is 0 Å². The van der Waals surface area contributed by atoms with E-state index in [-0.39, 0.29) is 6.10 Å². The first-order valence-electron chi connectivity index (χ1n) is 4.56. The summed E-state index contributed by atoms with van der Waals surface area (Å²) in [6.45, 7) is 4.08. The van der Waals surface area contributed by atoms with Crippen LogP contribution in [0.2, 0.25) is 0 Å². The summed E-state index contributed by atoms with van der Waals surface area (Å²) in [6.07, 6.45) is -0.204. The normalized spacial score (nSPS) is 13.2. The summed E-state index contributed by atoms with van der Waals surface area (Å²) in [5, 5.41) is 9.57. The molecule has 0 aliphatic heterocycles. The Balaban J connectivity index is 2.35. The van der Waals surface area contributed by atoms with E-state index in [1.165, 1.54) is 4.90 Å². The van der Waals surface area contributed by atoms with Crippen molar-refractivity contribution in [1.29, 1.82) is 0 Å². The molecule has 0 saturated carbocycles. The summed E-state index contributed by atoms with van der Waals surface area (Å²) in [5.41, 5.74) is 0. The molecule has 0 aromatic heterocycles. The zero-order chi connectivity index (χ0) is 9.68. The zero-order valence-electron chi connectivity index (χ0n) is 8.10. The van der Waals surface area contributed by atoms with E-state index in [0.717, 1.165) is 5.75 Å². The first-order chi connectivity index (χ1) is 6.20. The molecule has 1 rings (SSSR count). The van der Waals surface area contributed by atoms with Crippen LogP contribution in [0.5, 0.6) is 0 Å². The SMILES string of the molecule is CC(C)[C@H](O)CSc1ccccc1. The molecule has 0 unspecified atom stereocenters. The molecule has 1 aromatic rings. The van der Waals surface area contributed by atoms with Gasteiger partial charge in [0.1, 0.15) is 0 Å². The quantitative estimate of drug-likeness (QED) is 0.747. The van der Waals surface area contributed by atoms with E-state index in [1.807, 2.05) is 32.0 Å². The molecule has 72 valence electrons. The molecule has 0 saturated heterocycles. The number of benzene rings is 1. The lowest BCUT2D eigenvalue weighted by molar-refractivity contribution is 0.149. The Bertz CT molecular complexity index is 233. The maximum Gasteiger partial charge on any atom is 0.0656 e. The van der Waals surface area contributed by atoms with Crippen molar-refractivity contribution in [3.05, 3.63) is 30.3 Å². The third-order valence-electron chi connectivity index (χ3n) is 1.93. The van der Waals surface area contributed by atoms with Crippen LogP contribution in [0.4, 0.5) is 0 Å². The van der Waals surface area contributed by atoms with Crippen LogP contribution in [0.1, 0.15) is 13.8 Å². The monoisotopic (exact) mass is 196 g/mol. The second kappa shape index (κ2) is 5.30. The van der Waals surface area contributed by atoms with Gasteiger partial charge in [0, 0.05) is 10.6 Å². The maximum atomic E-state index is 9.57. The highest BCUT2D eigenvalue weighted by atomic mass is 32.2. The van der Waals surface area contributed by atoms with Crippen LogP contribution in [-0.4, -0.2) is 17.0 Å². The Hall–Kier alpha value is -0.470. The first kappa shape index (κ1) is 10.6. The van der Waals surface area contributed by atoms with Crippen LogP contribution in [0.25, 0.3) is 0 Å². The molecule has 0 heterocycles. The van der Waals surface area contributed by atoms with E-state index >= 15 is 0 Å². The molecule has 1 atom stereocenters. The second-order valence-corrected chi connectivity index (χ2v) is 4.53. The number of hydrogen-bond donors (Lipinski definition) is 1. The molecule has 0 amide bonds. The van der Waals surface area contributed by atoms with Gasteiger partial charge in [-0.1, -0.05) is 32.0 Å². The molecule has 1 aromatic carbocycles. The fourth-order valence-corrected chi connectivity index (χ4v) is 1.99. The van der Waals surface area contributed by atoms with Gasteiger partial charge in [-0.15, -0.1) is 11.8 Å². The van der Waals surface area contributed by atoms with Gasteiger partial charge in [-0.25, -0.2) is 0 Å². The Labute approximate surface area is 84.2 Å². The lowest BCUT2D eigenvalue weighted by Gasteiger charge is -2.13. The van der Waals surface area contributed by atoms with Gasteiger partial charge in [0.2, 0.25) is 0 Å². The maximum absolute atomic E-state index is 9.57. The number of hydrogen-bond acceptors (Lipinski definition) is 2. The highest BCUT2D eigenvalue weighted by Gasteiger charge is 2.08. The van der Waals surface area contributed by atoms with E-state index in [0.29, 0.717) is 5.92 Å². The lowest BCUT2D eigenvalue weighted by Crippen LogP contribution is -2.17. The van der Waals surface area contributed by atoms with E-state index in [2.05, 4.69) is 12.1 Å². The molecule has 0 aliphatic rings. The molecule has 0 aliphatic carbocycles. The minimum Gasteiger partial charge on any atom is -0.392 e. The Morgan fingerprint density at radius 2 is 1.85 bits per heavy atom. The van der Waals surface area contributed by atoms with Gasteiger partial charge in [0.15, 0.2) is 0 Å². The molecule has 0 bridgehead atoms. The minimum absolute atomic E-state index is 0.204. The Morgan fingerprint density at radius 1 is 1.23 bits per heavy atom. The lowest BCUT2D eigenvalue weighted by atomic mass is 10.1. The molecule has 1 N–H and O–H groups in total. The van der Waals surface area contributed by atoms with Crippen LogP contribution in [0, 0.1) is 5.92 Å². The van der Waals surface area contributed by atoms with Crippen molar-refractivity contribution in [2.45, 2.75) is 24.8 Å². The molecular weight excluding hydrogens is 180 g/mol. The second-order valence-electron chi connectivity index (χ2n) is 3.44. The number of rotatable bonds is 4. The van der Waals surface area contributed by atoms with Crippen molar-refractivity contribution in [2.24, 2.45) is 5.92 Å². The zero-order valence-corrected chi connectivity index (χ0v) is 8.92. The standard InChI is InChI=1S/C11H16OS/c1-9(2)11(12)8-13-10-6-4-3-5-7-10/h3-7,9,11-12H,8H2,1-2H3/t11-/m1/s1. The van der Waals surface area contributed by atoms with Crippen molar-refractivity contribution >= 4 is 11.8 Å². The fraction of sp³-hybridized carbons (Fsp3) is 0.455. The van der Waals surface area contributed by atoms with Crippen LogP contribution in [0.15, 0.2) is 35.2 Å². The van der Waals surface area contributed by atoms with Crippen molar-refractivity contribution in [3.63, 3.8) is 0 Å². The molecular formula is C11H16OS. The predicted octanol–water partition coefficient (Wildman–Crippen LogP) is 2.80. The number of thioether (sulfide) groups is 1. The highest BCUT2D eigenvalue weighted by Crippen LogP contribution is 2.19. The van der Waals surface area contributed by atoms with E-state index in [4.69, 9.17) is 0 Å². The van der Waals surface area contributed by atoms with Crippen LogP contribution >= 0.6 is 11.8 Å². The Kier molecular flexibility index (Phi) is 4.33. The van der Waals surface area contributed by atoms with Crippen molar-refractivity contribution in [3.8, 4) is 0 Å². The summed E-state index contributed by atoms with van der Waals surface area (Å²) < 4.78 is 0. The van der Waals surface area contributed by atoms with Gasteiger partial charge in [-0.3, -0.25) is 0 Å². The van der Waals surface area contributed by atoms with Gasteiger partial charge in [-0.05, 0) is 18.1 Å². The molecule has 0 spiro atoms. The summed E-state index contributed by atoms with van der Waals surface area (Å²) in [7, 11) is 0. The van der Waals surface area contributed by atoms with Gasteiger partial charge in [0.25, 0.3) is 0 Å². The molecule has 2 heteroatoms. The van der Waals surface area contributed by atoms with Gasteiger partial charge >= 0.3 is 0 Å². The summed E-state index contributed by atoms with van der Waals surface area (Å²) >= 11 is 1.71. The first-order valence-corrected chi connectivity index (χ1v) is 5.54. The average Bonchev–Trinajstić information content (AvgIpc) is 2.15. The molecule has 0 fully saturated rings. The molecule has 1 nitrogen and oxygen atoms in total. The minimum atomic E-state index is -0.204. The van der Waals surface area contributed by atoms with Gasteiger partial charge in [-0.2, -0.15) is 0 Å². The van der Waals surface area contributed by atoms with Gasteiger partial charge in [0.05, 0.1) is 6.10 Å². The molecule has 13 heavy (non-hydrogen) atoms. The van der Waals surface area contributed by atoms with Crippen molar-refractivity contribution in [1.82, 2.24) is 0 Å². The van der Waals surface area contributed by atoms with Crippen molar-refractivity contribution in [2.75, 3.05) is 5.75 Å². The predicted molar refractivity (Wildman–Crippen MR) is 58.0 cm³/mol. The third kappa shape index (κ3) is 3.83. The largest absolute Gasteiger partial charge is 0.392 e.